The first-order valence-corrected chi connectivity index (χ1v) is 7.65. The molecule has 0 saturated carbocycles. The molecule has 0 spiro atoms. The first-order chi connectivity index (χ1) is 12.0. The Bertz CT molecular complexity index is 745. The van der Waals surface area contributed by atoms with Gasteiger partial charge in [0.25, 0.3) is 0 Å². The maximum atomic E-state index is 13.4. The van der Waals surface area contributed by atoms with Gasteiger partial charge >= 0.3 is 6.03 Å². The normalized spacial score (nSPS) is 10.1. The van der Waals surface area contributed by atoms with Crippen LogP contribution in [0.25, 0.3) is 0 Å². The van der Waals surface area contributed by atoms with E-state index in [9.17, 15) is 9.18 Å². The zero-order valence-corrected chi connectivity index (χ0v) is 14.7. The van der Waals surface area contributed by atoms with Crippen LogP contribution in [-0.2, 0) is 6.54 Å². The van der Waals surface area contributed by atoms with Crippen LogP contribution >= 0.6 is 11.6 Å². The average molecular weight is 369 g/mol. The van der Waals surface area contributed by atoms with Crippen molar-refractivity contribution < 1.29 is 23.4 Å². The summed E-state index contributed by atoms with van der Waals surface area (Å²) in [6.45, 7) is 0.207. The minimum Gasteiger partial charge on any atom is -0.493 e. The summed E-state index contributed by atoms with van der Waals surface area (Å²) in [5, 5.41) is 5.18. The summed E-state index contributed by atoms with van der Waals surface area (Å²) in [6, 6.07) is 6.97. The zero-order valence-electron chi connectivity index (χ0n) is 14.0. The molecular formula is C17H18ClFN2O4. The third kappa shape index (κ3) is 4.67. The molecule has 6 nitrogen and oxygen atoms in total. The molecule has 0 aliphatic heterocycles. The van der Waals surface area contributed by atoms with Gasteiger partial charge < -0.3 is 24.8 Å². The summed E-state index contributed by atoms with van der Waals surface area (Å²) in [4.78, 5) is 11.9. The van der Waals surface area contributed by atoms with E-state index in [-0.39, 0.29) is 11.6 Å². The Morgan fingerprint density at radius 3 is 2.24 bits per heavy atom. The maximum absolute atomic E-state index is 13.4. The van der Waals surface area contributed by atoms with Crippen molar-refractivity contribution in [2.45, 2.75) is 6.54 Å². The van der Waals surface area contributed by atoms with E-state index in [0.717, 1.165) is 11.6 Å². The molecular weight excluding hydrogens is 351 g/mol. The molecule has 0 radical (unpaired) electrons. The van der Waals surface area contributed by atoms with E-state index >= 15 is 0 Å². The van der Waals surface area contributed by atoms with Crippen molar-refractivity contribution in [2.75, 3.05) is 26.6 Å². The number of anilines is 1. The molecule has 2 rings (SSSR count). The van der Waals surface area contributed by atoms with Crippen molar-refractivity contribution >= 4 is 23.3 Å². The SMILES string of the molecule is COc1cc(CNC(=O)Nc2ccc(Cl)c(F)c2)cc(OC)c1OC. The molecule has 0 aliphatic rings. The van der Waals surface area contributed by atoms with Gasteiger partial charge in [-0.2, -0.15) is 0 Å². The summed E-state index contributed by atoms with van der Waals surface area (Å²) in [7, 11) is 4.53. The fourth-order valence-electron chi connectivity index (χ4n) is 2.17. The Morgan fingerprint density at radius 2 is 1.72 bits per heavy atom. The predicted octanol–water partition coefficient (Wildman–Crippen LogP) is 3.83. The minimum absolute atomic E-state index is 0.0108. The number of nitrogens with one attached hydrogen (secondary N) is 2. The smallest absolute Gasteiger partial charge is 0.319 e. The highest BCUT2D eigenvalue weighted by molar-refractivity contribution is 6.30. The molecule has 25 heavy (non-hydrogen) atoms. The number of methoxy groups -OCH3 is 3. The van der Waals surface area contributed by atoms with Gasteiger partial charge in [-0.1, -0.05) is 11.6 Å². The zero-order chi connectivity index (χ0) is 18.4. The molecule has 0 atom stereocenters. The molecule has 0 aromatic heterocycles. The number of hydrogen-bond acceptors (Lipinski definition) is 4. The van der Waals surface area contributed by atoms with Crippen LogP contribution in [0.5, 0.6) is 17.2 Å². The van der Waals surface area contributed by atoms with Crippen molar-refractivity contribution in [1.29, 1.82) is 0 Å². The van der Waals surface area contributed by atoms with Crippen LogP contribution in [0.4, 0.5) is 14.9 Å². The topological polar surface area (TPSA) is 68.8 Å². The lowest BCUT2D eigenvalue weighted by molar-refractivity contribution is 0.251. The summed E-state index contributed by atoms with van der Waals surface area (Å²) >= 11 is 5.60. The van der Waals surface area contributed by atoms with Gasteiger partial charge in [0.15, 0.2) is 11.5 Å². The number of amides is 2. The number of carbonyl (C=O) groups excluding carboxylic acids is 1. The molecule has 0 bridgehead atoms. The van der Waals surface area contributed by atoms with E-state index in [4.69, 9.17) is 25.8 Å². The highest BCUT2D eigenvalue weighted by Gasteiger charge is 2.13. The Labute approximate surface area is 149 Å². The molecule has 0 fully saturated rings. The van der Waals surface area contributed by atoms with Crippen LogP contribution in [0.3, 0.4) is 0 Å². The van der Waals surface area contributed by atoms with E-state index in [0.29, 0.717) is 22.9 Å². The molecule has 0 aliphatic carbocycles. The van der Waals surface area contributed by atoms with Crippen molar-refractivity contribution in [3.8, 4) is 17.2 Å². The van der Waals surface area contributed by atoms with Gasteiger partial charge in [-0.05, 0) is 35.9 Å². The molecule has 0 saturated heterocycles. The fourth-order valence-corrected chi connectivity index (χ4v) is 2.29. The van der Waals surface area contributed by atoms with Gasteiger partial charge in [-0.15, -0.1) is 0 Å². The van der Waals surface area contributed by atoms with Crippen LogP contribution in [0, 0.1) is 5.82 Å². The third-order valence-corrected chi connectivity index (χ3v) is 3.66. The number of urea groups is 1. The molecule has 2 N–H and O–H groups in total. The maximum Gasteiger partial charge on any atom is 0.319 e. The van der Waals surface area contributed by atoms with Gasteiger partial charge in [0, 0.05) is 12.2 Å². The van der Waals surface area contributed by atoms with Crippen LogP contribution in [0.15, 0.2) is 30.3 Å². The van der Waals surface area contributed by atoms with Crippen LogP contribution in [0.2, 0.25) is 5.02 Å². The van der Waals surface area contributed by atoms with Crippen LogP contribution in [-0.4, -0.2) is 27.4 Å². The number of hydrogen-bond donors (Lipinski definition) is 2. The first kappa shape index (κ1) is 18.7. The highest BCUT2D eigenvalue weighted by atomic mass is 35.5. The van der Waals surface area contributed by atoms with Crippen molar-refractivity contribution in [3.63, 3.8) is 0 Å². The number of carbonyl (C=O) groups is 1. The number of ether oxygens (including phenoxy) is 3. The number of benzene rings is 2. The number of rotatable bonds is 6. The standard InChI is InChI=1S/C17H18ClFN2O4/c1-23-14-6-10(7-15(24-2)16(14)25-3)9-20-17(22)21-11-4-5-12(18)13(19)8-11/h4-8H,9H2,1-3H3,(H2,20,21,22). The monoisotopic (exact) mass is 368 g/mol. The Morgan fingerprint density at radius 1 is 1.08 bits per heavy atom. The second kappa shape index (κ2) is 8.43. The Balaban J connectivity index is 2.04. The molecule has 2 aromatic rings. The van der Waals surface area contributed by atoms with Gasteiger partial charge in [-0.25, -0.2) is 9.18 Å². The quantitative estimate of drug-likeness (QED) is 0.813. The van der Waals surface area contributed by atoms with Crippen LogP contribution < -0.4 is 24.8 Å². The predicted molar refractivity (Wildman–Crippen MR) is 93.4 cm³/mol. The fraction of sp³-hybridized carbons (Fsp3) is 0.235. The van der Waals surface area contributed by atoms with E-state index in [1.165, 1.54) is 33.5 Å². The van der Waals surface area contributed by atoms with Crippen molar-refractivity contribution in [3.05, 3.63) is 46.7 Å². The summed E-state index contributed by atoms with van der Waals surface area (Å²) in [5.74, 6) is 0.830. The lowest BCUT2D eigenvalue weighted by atomic mass is 10.2. The molecule has 134 valence electrons. The molecule has 0 heterocycles. The van der Waals surface area contributed by atoms with Gasteiger partial charge in [0.2, 0.25) is 5.75 Å². The van der Waals surface area contributed by atoms with E-state index in [2.05, 4.69) is 10.6 Å². The van der Waals surface area contributed by atoms with Gasteiger partial charge in [0.1, 0.15) is 5.82 Å². The molecule has 8 heteroatoms. The lowest BCUT2D eigenvalue weighted by Crippen LogP contribution is -2.28. The molecule has 0 unspecified atom stereocenters. The van der Waals surface area contributed by atoms with Gasteiger partial charge in [-0.3, -0.25) is 0 Å². The highest BCUT2D eigenvalue weighted by Crippen LogP contribution is 2.38. The summed E-state index contributed by atoms with van der Waals surface area (Å²) < 4.78 is 29.1. The second-order valence-corrected chi connectivity index (χ2v) is 5.38. The number of halogens is 2. The Kier molecular flexibility index (Phi) is 6.30. The minimum atomic E-state index is -0.607. The molecule has 2 amide bonds. The van der Waals surface area contributed by atoms with E-state index in [1.807, 2.05) is 0 Å². The van der Waals surface area contributed by atoms with Crippen molar-refractivity contribution in [1.82, 2.24) is 5.32 Å². The summed E-state index contributed by atoms with van der Waals surface area (Å²) in [5.41, 5.74) is 1.04. The van der Waals surface area contributed by atoms with Crippen molar-refractivity contribution in [2.24, 2.45) is 0 Å². The largest absolute Gasteiger partial charge is 0.493 e. The summed E-state index contributed by atoms with van der Waals surface area (Å²) in [6.07, 6.45) is 0. The second-order valence-electron chi connectivity index (χ2n) is 4.97. The van der Waals surface area contributed by atoms with Crippen LogP contribution in [0.1, 0.15) is 5.56 Å². The average Bonchev–Trinajstić information content (AvgIpc) is 2.62. The third-order valence-electron chi connectivity index (χ3n) is 3.36. The lowest BCUT2D eigenvalue weighted by Gasteiger charge is -2.14. The molecule has 2 aromatic carbocycles. The van der Waals surface area contributed by atoms with E-state index < -0.39 is 11.8 Å². The van der Waals surface area contributed by atoms with E-state index in [1.54, 1.807) is 12.1 Å². The first-order valence-electron chi connectivity index (χ1n) is 7.27. The Hall–Kier alpha value is -2.67. The van der Waals surface area contributed by atoms with Gasteiger partial charge in [0.05, 0.1) is 26.4 Å².